The summed E-state index contributed by atoms with van der Waals surface area (Å²) in [5, 5.41) is 8.49. The molecule has 1 N–H and O–H groups in total. The maximum absolute atomic E-state index is 12.8. The van der Waals surface area contributed by atoms with Gasteiger partial charge in [-0.1, -0.05) is 0 Å². The Hall–Kier alpha value is -0.890. The molecule has 1 saturated heterocycles. The average molecular weight is 272 g/mol. The number of carboxylic acid groups (broad SMARTS) is 1. The van der Waals surface area contributed by atoms with Crippen molar-refractivity contribution < 1.29 is 27.5 Å². The molecule has 0 aliphatic carbocycles. The molecule has 0 spiro atoms. The van der Waals surface area contributed by atoms with Crippen LogP contribution in [0.25, 0.3) is 0 Å². The number of hydrogen-bond acceptors (Lipinski definition) is 3. The van der Waals surface area contributed by atoms with Crippen molar-refractivity contribution in [2.45, 2.75) is 18.8 Å². The number of aliphatic carboxylic acids is 1. The van der Waals surface area contributed by atoms with Gasteiger partial charge >= 0.3 is 18.3 Å². The molecule has 0 amide bonds. The van der Waals surface area contributed by atoms with Crippen molar-refractivity contribution in [2.24, 2.45) is 0 Å². The van der Waals surface area contributed by atoms with E-state index in [1.807, 2.05) is 4.90 Å². The molecule has 1 aliphatic rings. The summed E-state index contributed by atoms with van der Waals surface area (Å²) in [4.78, 5) is 13.5. The Bertz CT molecular complexity index is 281. The highest BCUT2D eigenvalue weighted by atomic mass is 19.3. The lowest BCUT2D eigenvalue weighted by atomic mass is 10.2. The molecule has 0 radical (unpaired) electrons. The Labute approximate surface area is 102 Å². The van der Waals surface area contributed by atoms with Gasteiger partial charge in [-0.15, -0.1) is 0 Å². The standard InChI is InChI=1S/C10H16F4N2O2/c11-9(12)10(13,14)7-16-5-3-15(4-6-16)2-1-8(17)18/h9H,1-7H2,(H,17,18). The molecule has 8 heteroatoms. The normalized spacial score (nSPS) is 19.4. The third-order valence-electron chi connectivity index (χ3n) is 2.86. The van der Waals surface area contributed by atoms with Gasteiger partial charge in [-0.25, -0.2) is 8.78 Å². The highest BCUT2D eigenvalue weighted by Crippen LogP contribution is 2.24. The molecular weight excluding hydrogens is 256 g/mol. The molecule has 1 aliphatic heterocycles. The molecular formula is C10H16F4N2O2. The second-order valence-corrected chi connectivity index (χ2v) is 4.32. The summed E-state index contributed by atoms with van der Waals surface area (Å²) in [6, 6.07) is 0. The van der Waals surface area contributed by atoms with Crippen molar-refractivity contribution in [3.05, 3.63) is 0 Å². The Kier molecular flexibility index (Phi) is 5.33. The van der Waals surface area contributed by atoms with Gasteiger partial charge in [0.25, 0.3) is 0 Å². The number of carboxylic acids is 1. The van der Waals surface area contributed by atoms with Gasteiger partial charge in [-0.2, -0.15) is 8.78 Å². The summed E-state index contributed by atoms with van der Waals surface area (Å²) in [6.07, 6.45) is -3.66. The molecule has 1 heterocycles. The first-order chi connectivity index (χ1) is 8.31. The van der Waals surface area contributed by atoms with Crippen molar-refractivity contribution in [1.82, 2.24) is 9.80 Å². The molecule has 4 nitrogen and oxygen atoms in total. The van der Waals surface area contributed by atoms with Crippen LogP contribution < -0.4 is 0 Å². The summed E-state index contributed by atoms with van der Waals surface area (Å²) in [7, 11) is 0. The molecule has 0 saturated carbocycles. The first kappa shape index (κ1) is 15.2. The minimum absolute atomic E-state index is 0.00675. The number of alkyl halides is 4. The number of nitrogens with zero attached hydrogens (tertiary/aromatic N) is 2. The molecule has 0 aromatic carbocycles. The van der Waals surface area contributed by atoms with Crippen molar-refractivity contribution in [1.29, 1.82) is 0 Å². The monoisotopic (exact) mass is 272 g/mol. The van der Waals surface area contributed by atoms with Gasteiger partial charge in [-0.3, -0.25) is 9.69 Å². The van der Waals surface area contributed by atoms with E-state index in [-0.39, 0.29) is 19.5 Å². The minimum Gasteiger partial charge on any atom is -0.481 e. The second kappa shape index (κ2) is 6.33. The fourth-order valence-corrected chi connectivity index (χ4v) is 1.79. The van der Waals surface area contributed by atoms with E-state index in [2.05, 4.69) is 0 Å². The lowest BCUT2D eigenvalue weighted by molar-refractivity contribution is -0.145. The molecule has 0 atom stereocenters. The lowest BCUT2D eigenvalue weighted by Crippen LogP contribution is -2.51. The van der Waals surface area contributed by atoms with E-state index in [0.717, 1.165) is 0 Å². The zero-order chi connectivity index (χ0) is 13.8. The summed E-state index contributed by atoms with van der Waals surface area (Å²) >= 11 is 0. The number of halogens is 4. The van der Waals surface area contributed by atoms with Crippen LogP contribution in [0, 0.1) is 0 Å². The molecule has 18 heavy (non-hydrogen) atoms. The largest absolute Gasteiger partial charge is 0.481 e. The Morgan fingerprint density at radius 3 is 2.11 bits per heavy atom. The smallest absolute Gasteiger partial charge is 0.319 e. The maximum Gasteiger partial charge on any atom is 0.319 e. The average Bonchev–Trinajstić information content (AvgIpc) is 2.27. The molecule has 0 unspecified atom stereocenters. The van der Waals surface area contributed by atoms with Gasteiger partial charge in [0, 0.05) is 32.7 Å². The Morgan fingerprint density at radius 1 is 1.17 bits per heavy atom. The van der Waals surface area contributed by atoms with Crippen LogP contribution in [-0.4, -0.2) is 72.5 Å². The third kappa shape index (κ3) is 4.77. The lowest BCUT2D eigenvalue weighted by Gasteiger charge is -2.35. The Balaban J connectivity index is 2.29. The first-order valence-corrected chi connectivity index (χ1v) is 5.64. The summed E-state index contributed by atoms with van der Waals surface area (Å²) in [6.45, 7) is 0.759. The number of piperazine rings is 1. The van der Waals surface area contributed by atoms with Crippen molar-refractivity contribution in [3.8, 4) is 0 Å². The maximum atomic E-state index is 12.8. The fraction of sp³-hybridized carbons (Fsp3) is 0.900. The van der Waals surface area contributed by atoms with Crippen LogP contribution in [0.1, 0.15) is 6.42 Å². The molecule has 0 aromatic heterocycles. The van der Waals surface area contributed by atoms with Gasteiger partial charge in [0.05, 0.1) is 13.0 Å². The summed E-state index contributed by atoms with van der Waals surface area (Å²) in [5.41, 5.74) is 0. The molecule has 1 rings (SSSR count). The SMILES string of the molecule is O=C(O)CCN1CCN(CC(F)(F)C(F)F)CC1. The Morgan fingerprint density at radius 2 is 1.67 bits per heavy atom. The van der Waals surface area contributed by atoms with E-state index in [4.69, 9.17) is 5.11 Å². The summed E-state index contributed by atoms with van der Waals surface area (Å²) in [5.74, 6) is -4.90. The van der Waals surface area contributed by atoms with E-state index in [1.165, 1.54) is 4.90 Å². The van der Waals surface area contributed by atoms with E-state index in [0.29, 0.717) is 19.6 Å². The van der Waals surface area contributed by atoms with Crippen molar-refractivity contribution in [2.75, 3.05) is 39.3 Å². The number of rotatable bonds is 6. The topological polar surface area (TPSA) is 43.8 Å². The molecule has 0 bridgehead atoms. The van der Waals surface area contributed by atoms with E-state index < -0.39 is 24.9 Å². The molecule has 0 aromatic rings. The zero-order valence-electron chi connectivity index (χ0n) is 9.79. The number of carbonyl (C=O) groups is 1. The second-order valence-electron chi connectivity index (χ2n) is 4.32. The van der Waals surface area contributed by atoms with E-state index in [9.17, 15) is 22.4 Å². The quantitative estimate of drug-likeness (QED) is 0.732. The van der Waals surface area contributed by atoms with Crippen LogP contribution in [0.2, 0.25) is 0 Å². The predicted molar refractivity (Wildman–Crippen MR) is 56.1 cm³/mol. The fourth-order valence-electron chi connectivity index (χ4n) is 1.79. The van der Waals surface area contributed by atoms with E-state index >= 15 is 0 Å². The van der Waals surface area contributed by atoms with Gasteiger partial charge < -0.3 is 10.0 Å². The van der Waals surface area contributed by atoms with Gasteiger partial charge in [-0.05, 0) is 0 Å². The van der Waals surface area contributed by atoms with Crippen molar-refractivity contribution in [3.63, 3.8) is 0 Å². The highest BCUT2D eigenvalue weighted by Gasteiger charge is 2.42. The number of hydrogen-bond donors (Lipinski definition) is 1. The highest BCUT2D eigenvalue weighted by molar-refractivity contribution is 5.66. The third-order valence-corrected chi connectivity index (χ3v) is 2.86. The van der Waals surface area contributed by atoms with Crippen LogP contribution in [-0.2, 0) is 4.79 Å². The predicted octanol–water partition coefficient (Wildman–Crippen LogP) is 0.979. The van der Waals surface area contributed by atoms with Gasteiger partial charge in [0.2, 0.25) is 0 Å². The minimum atomic E-state index is -3.98. The first-order valence-electron chi connectivity index (χ1n) is 5.64. The van der Waals surface area contributed by atoms with Crippen molar-refractivity contribution >= 4 is 5.97 Å². The van der Waals surface area contributed by atoms with Crippen LogP contribution >= 0.6 is 0 Å². The van der Waals surface area contributed by atoms with Gasteiger partial charge in [0.15, 0.2) is 0 Å². The van der Waals surface area contributed by atoms with E-state index in [1.54, 1.807) is 0 Å². The van der Waals surface area contributed by atoms with Gasteiger partial charge in [0.1, 0.15) is 0 Å². The van der Waals surface area contributed by atoms with Crippen LogP contribution in [0.5, 0.6) is 0 Å². The molecule has 1 fully saturated rings. The van der Waals surface area contributed by atoms with Crippen LogP contribution in [0.15, 0.2) is 0 Å². The summed E-state index contributed by atoms with van der Waals surface area (Å²) < 4.78 is 49.6. The van der Waals surface area contributed by atoms with Crippen LogP contribution in [0.4, 0.5) is 17.6 Å². The molecule has 106 valence electrons. The zero-order valence-corrected chi connectivity index (χ0v) is 9.79. The van der Waals surface area contributed by atoms with Crippen LogP contribution in [0.3, 0.4) is 0 Å².